The zero-order valence-electron chi connectivity index (χ0n) is 7.70. The van der Waals surface area contributed by atoms with Gasteiger partial charge in [0.1, 0.15) is 0 Å². The molecule has 14 heavy (non-hydrogen) atoms. The van der Waals surface area contributed by atoms with Crippen LogP contribution in [0.2, 0.25) is 0 Å². The highest BCUT2D eigenvalue weighted by molar-refractivity contribution is 5.84. The normalized spacial score (nSPS) is 10.4. The van der Waals surface area contributed by atoms with Crippen molar-refractivity contribution in [3.8, 4) is 0 Å². The van der Waals surface area contributed by atoms with Crippen LogP contribution >= 0.6 is 0 Å². The fourth-order valence-corrected chi connectivity index (χ4v) is 1.36. The van der Waals surface area contributed by atoms with Crippen molar-refractivity contribution in [1.29, 1.82) is 0 Å². The number of pyridine rings is 1. The summed E-state index contributed by atoms with van der Waals surface area (Å²) in [5.74, 6) is 0. The summed E-state index contributed by atoms with van der Waals surface area (Å²) in [6.07, 6.45) is 1.63. The number of aromatic nitrogens is 1. The molecule has 0 saturated carbocycles. The molecule has 0 bridgehead atoms. The summed E-state index contributed by atoms with van der Waals surface area (Å²) in [4.78, 5) is 18.8. The second-order valence-electron chi connectivity index (χ2n) is 2.92. The van der Waals surface area contributed by atoms with Crippen LogP contribution < -0.4 is 11.0 Å². The predicted octanol–water partition coefficient (Wildman–Crippen LogP) is 1.50. The van der Waals surface area contributed by atoms with Crippen LogP contribution in [0, 0.1) is 0 Å². The van der Waals surface area contributed by atoms with Crippen LogP contribution in [0.15, 0.2) is 35.3 Å². The van der Waals surface area contributed by atoms with E-state index in [1.165, 1.54) is 7.11 Å². The summed E-state index contributed by atoms with van der Waals surface area (Å²) in [7, 11) is 1.53. The average Bonchev–Trinajstić information content (AvgIpc) is 2.20. The van der Waals surface area contributed by atoms with Crippen molar-refractivity contribution in [3.63, 3.8) is 0 Å². The van der Waals surface area contributed by atoms with E-state index in [9.17, 15) is 4.79 Å². The Bertz CT molecular complexity index is 505. The number of fused-ring (bicyclic) bond motifs is 1. The third kappa shape index (κ3) is 1.47. The largest absolute Gasteiger partial charge is 0.329 e. The molecule has 0 amide bonds. The lowest BCUT2D eigenvalue weighted by Crippen LogP contribution is -2.05. The van der Waals surface area contributed by atoms with Gasteiger partial charge in [-0.1, -0.05) is 6.07 Å². The monoisotopic (exact) mass is 190 g/mol. The van der Waals surface area contributed by atoms with E-state index in [1.807, 2.05) is 18.2 Å². The lowest BCUT2D eigenvalue weighted by molar-refractivity contribution is 0.271. The van der Waals surface area contributed by atoms with E-state index in [-0.39, 0.29) is 5.56 Å². The first-order chi connectivity index (χ1) is 6.81. The summed E-state index contributed by atoms with van der Waals surface area (Å²) in [6, 6.07) is 7.32. The highest BCUT2D eigenvalue weighted by atomic mass is 16.6. The van der Waals surface area contributed by atoms with E-state index in [0.717, 1.165) is 11.1 Å². The van der Waals surface area contributed by atoms with Gasteiger partial charge in [0, 0.05) is 11.6 Å². The molecule has 2 N–H and O–H groups in total. The standard InChI is InChI=1S/C10H10N2O2/c1-14-12-8-3-2-7-4-5-11-10(13)9(7)6-8/h2-6,12H,1H3,(H,11,13). The molecule has 4 heteroatoms. The molecule has 1 aromatic heterocycles. The molecule has 0 aliphatic carbocycles. The van der Waals surface area contributed by atoms with E-state index in [1.54, 1.807) is 12.3 Å². The van der Waals surface area contributed by atoms with Gasteiger partial charge in [-0.25, -0.2) is 0 Å². The SMILES string of the molecule is CONc1ccc2cc[nH]c(=O)c2c1. The molecule has 1 aromatic carbocycles. The number of benzene rings is 1. The second kappa shape index (κ2) is 3.51. The molecule has 0 saturated heterocycles. The van der Waals surface area contributed by atoms with E-state index in [2.05, 4.69) is 10.5 Å². The van der Waals surface area contributed by atoms with Crippen LogP contribution in [-0.4, -0.2) is 12.1 Å². The molecule has 2 rings (SSSR count). The highest BCUT2D eigenvalue weighted by Crippen LogP contribution is 2.14. The van der Waals surface area contributed by atoms with Gasteiger partial charge in [-0.2, -0.15) is 0 Å². The summed E-state index contributed by atoms with van der Waals surface area (Å²) in [6.45, 7) is 0. The summed E-state index contributed by atoms with van der Waals surface area (Å²) < 4.78 is 0. The van der Waals surface area contributed by atoms with Gasteiger partial charge in [-0.3, -0.25) is 15.1 Å². The lowest BCUT2D eigenvalue weighted by atomic mass is 10.1. The minimum Gasteiger partial charge on any atom is -0.329 e. The number of hydrogen-bond donors (Lipinski definition) is 2. The Hall–Kier alpha value is -1.81. The number of nitrogens with one attached hydrogen (secondary N) is 2. The Morgan fingerprint density at radius 2 is 2.21 bits per heavy atom. The zero-order valence-corrected chi connectivity index (χ0v) is 7.70. The van der Waals surface area contributed by atoms with Crippen molar-refractivity contribution < 1.29 is 4.84 Å². The third-order valence-electron chi connectivity index (χ3n) is 2.00. The Kier molecular flexibility index (Phi) is 2.20. The molecule has 0 aliphatic rings. The Labute approximate surface area is 80.5 Å². The molecule has 0 fully saturated rings. The zero-order chi connectivity index (χ0) is 9.97. The molecule has 0 radical (unpaired) electrons. The van der Waals surface area contributed by atoms with Crippen molar-refractivity contribution in [1.82, 2.24) is 4.98 Å². The van der Waals surface area contributed by atoms with Gasteiger partial charge < -0.3 is 4.98 Å². The molecule has 0 aliphatic heterocycles. The number of rotatable bonds is 2. The van der Waals surface area contributed by atoms with Crippen molar-refractivity contribution in [2.24, 2.45) is 0 Å². The Morgan fingerprint density at radius 1 is 1.36 bits per heavy atom. The average molecular weight is 190 g/mol. The molecular formula is C10H10N2O2. The maximum Gasteiger partial charge on any atom is 0.255 e. The maximum atomic E-state index is 11.4. The van der Waals surface area contributed by atoms with Gasteiger partial charge >= 0.3 is 0 Å². The lowest BCUT2D eigenvalue weighted by Gasteiger charge is -2.03. The quantitative estimate of drug-likeness (QED) is 0.705. The minimum atomic E-state index is -0.0951. The first-order valence-corrected chi connectivity index (χ1v) is 4.22. The van der Waals surface area contributed by atoms with Crippen LogP contribution in [-0.2, 0) is 4.84 Å². The minimum absolute atomic E-state index is 0.0951. The van der Waals surface area contributed by atoms with Crippen LogP contribution in [0.5, 0.6) is 0 Å². The third-order valence-corrected chi connectivity index (χ3v) is 2.00. The topological polar surface area (TPSA) is 54.1 Å². The van der Waals surface area contributed by atoms with Crippen LogP contribution in [0.3, 0.4) is 0 Å². The number of H-pyrrole nitrogens is 1. The van der Waals surface area contributed by atoms with E-state index < -0.39 is 0 Å². The fourth-order valence-electron chi connectivity index (χ4n) is 1.36. The van der Waals surface area contributed by atoms with Crippen LogP contribution in [0.4, 0.5) is 5.69 Å². The molecule has 2 aromatic rings. The molecule has 0 spiro atoms. The van der Waals surface area contributed by atoms with E-state index in [4.69, 9.17) is 4.84 Å². The Morgan fingerprint density at radius 3 is 3.00 bits per heavy atom. The van der Waals surface area contributed by atoms with E-state index >= 15 is 0 Å². The smallest absolute Gasteiger partial charge is 0.255 e. The maximum absolute atomic E-state index is 11.4. The van der Waals surface area contributed by atoms with Crippen molar-refractivity contribution >= 4 is 16.5 Å². The first-order valence-electron chi connectivity index (χ1n) is 4.22. The van der Waals surface area contributed by atoms with Crippen molar-refractivity contribution in [3.05, 3.63) is 40.8 Å². The number of hydrogen-bond acceptors (Lipinski definition) is 3. The molecule has 72 valence electrons. The number of aromatic amines is 1. The molecule has 4 nitrogen and oxygen atoms in total. The second-order valence-corrected chi connectivity index (χ2v) is 2.92. The van der Waals surface area contributed by atoms with Gasteiger partial charge in [0.05, 0.1) is 12.8 Å². The van der Waals surface area contributed by atoms with Gasteiger partial charge in [0.25, 0.3) is 5.56 Å². The van der Waals surface area contributed by atoms with Crippen molar-refractivity contribution in [2.75, 3.05) is 12.6 Å². The summed E-state index contributed by atoms with van der Waals surface area (Å²) in [5, 5.41) is 1.56. The first kappa shape index (κ1) is 8.77. The number of anilines is 1. The van der Waals surface area contributed by atoms with E-state index in [0.29, 0.717) is 5.39 Å². The van der Waals surface area contributed by atoms with Gasteiger partial charge in [0.2, 0.25) is 0 Å². The summed E-state index contributed by atoms with van der Waals surface area (Å²) in [5.41, 5.74) is 3.34. The predicted molar refractivity (Wildman–Crippen MR) is 55.2 cm³/mol. The van der Waals surface area contributed by atoms with Crippen LogP contribution in [0.1, 0.15) is 0 Å². The van der Waals surface area contributed by atoms with Crippen LogP contribution in [0.25, 0.3) is 10.8 Å². The fraction of sp³-hybridized carbons (Fsp3) is 0.100. The molecule has 0 atom stereocenters. The van der Waals surface area contributed by atoms with Gasteiger partial charge in [0.15, 0.2) is 0 Å². The highest BCUT2D eigenvalue weighted by Gasteiger charge is 1.98. The molecular weight excluding hydrogens is 180 g/mol. The van der Waals surface area contributed by atoms with Gasteiger partial charge in [-0.15, -0.1) is 0 Å². The Balaban J connectivity index is 2.64. The molecule has 1 heterocycles. The molecule has 0 unspecified atom stereocenters. The summed E-state index contributed by atoms with van der Waals surface area (Å²) >= 11 is 0. The van der Waals surface area contributed by atoms with Gasteiger partial charge in [-0.05, 0) is 23.6 Å². The van der Waals surface area contributed by atoms with Crippen molar-refractivity contribution in [2.45, 2.75) is 0 Å².